The zero-order chi connectivity index (χ0) is 20.4. The molecule has 0 unspecified atom stereocenters. The summed E-state index contributed by atoms with van der Waals surface area (Å²) in [4.78, 5) is 22.3. The topological polar surface area (TPSA) is 76.4 Å². The quantitative estimate of drug-likeness (QED) is 0.502. The van der Waals surface area contributed by atoms with Gasteiger partial charge in [-0.1, -0.05) is 23.2 Å². The van der Waals surface area contributed by atoms with Gasteiger partial charge in [-0.2, -0.15) is 5.26 Å². The third kappa shape index (κ3) is 7.48. The summed E-state index contributed by atoms with van der Waals surface area (Å²) in [6, 6.07) is 11.7. The molecule has 0 radical (unpaired) electrons. The Morgan fingerprint density at radius 2 is 1.33 bits per heavy atom. The van der Waals surface area contributed by atoms with E-state index in [0.29, 0.717) is 32.6 Å². The SMILES string of the molecule is COC(=O)c1cc(Cl)cc(CC#N)c1.COC(=O)c1cc(Cl)cc(CCl)c1. The minimum absolute atomic E-state index is 0.227. The van der Waals surface area contributed by atoms with Gasteiger partial charge in [0.05, 0.1) is 37.8 Å². The molecular weight excluding hydrogens is 413 g/mol. The van der Waals surface area contributed by atoms with Crippen LogP contribution in [0.15, 0.2) is 36.4 Å². The molecule has 0 aliphatic rings. The lowest BCUT2D eigenvalue weighted by atomic mass is 10.1. The number of methoxy groups -OCH3 is 2. The molecule has 142 valence electrons. The fourth-order valence-electron chi connectivity index (χ4n) is 2.04. The third-order valence-corrected chi connectivity index (χ3v) is 3.94. The van der Waals surface area contributed by atoms with Crippen molar-refractivity contribution in [3.05, 3.63) is 68.7 Å². The monoisotopic (exact) mass is 427 g/mol. The van der Waals surface area contributed by atoms with Gasteiger partial charge in [0, 0.05) is 15.9 Å². The minimum Gasteiger partial charge on any atom is -0.465 e. The largest absolute Gasteiger partial charge is 0.465 e. The first-order valence-electron chi connectivity index (χ1n) is 7.53. The van der Waals surface area contributed by atoms with E-state index in [-0.39, 0.29) is 6.42 Å². The van der Waals surface area contributed by atoms with Gasteiger partial charge in [-0.05, 0) is 47.5 Å². The highest BCUT2D eigenvalue weighted by Crippen LogP contribution is 2.17. The molecule has 0 spiro atoms. The molecule has 0 amide bonds. The number of benzene rings is 2. The molecule has 0 fully saturated rings. The molecule has 0 saturated carbocycles. The lowest BCUT2D eigenvalue weighted by Crippen LogP contribution is -2.01. The molecule has 0 N–H and O–H groups in total. The summed E-state index contributed by atoms with van der Waals surface area (Å²) in [5.74, 6) is -0.537. The van der Waals surface area contributed by atoms with Gasteiger partial charge in [-0.25, -0.2) is 9.59 Å². The number of hydrogen-bond acceptors (Lipinski definition) is 5. The van der Waals surface area contributed by atoms with Crippen LogP contribution in [0.4, 0.5) is 0 Å². The Balaban J connectivity index is 0.000000271. The van der Waals surface area contributed by atoms with Crippen molar-refractivity contribution in [1.29, 1.82) is 5.26 Å². The fourth-order valence-corrected chi connectivity index (χ4v) is 2.71. The van der Waals surface area contributed by atoms with Crippen LogP contribution in [-0.4, -0.2) is 26.2 Å². The van der Waals surface area contributed by atoms with Crippen molar-refractivity contribution in [2.24, 2.45) is 0 Å². The number of halogens is 3. The lowest BCUT2D eigenvalue weighted by Gasteiger charge is -2.02. The maximum absolute atomic E-state index is 11.2. The van der Waals surface area contributed by atoms with Crippen molar-refractivity contribution in [1.82, 2.24) is 0 Å². The Morgan fingerprint density at radius 3 is 1.74 bits per heavy atom. The predicted molar refractivity (Wildman–Crippen MR) is 104 cm³/mol. The first-order valence-corrected chi connectivity index (χ1v) is 8.82. The molecule has 0 aromatic heterocycles. The highest BCUT2D eigenvalue weighted by atomic mass is 35.5. The van der Waals surface area contributed by atoms with Crippen LogP contribution in [0.1, 0.15) is 31.8 Å². The summed E-state index contributed by atoms with van der Waals surface area (Å²) in [7, 11) is 2.62. The summed E-state index contributed by atoms with van der Waals surface area (Å²) < 4.78 is 9.09. The summed E-state index contributed by atoms with van der Waals surface area (Å²) in [5.41, 5.74) is 2.30. The zero-order valence-corrected chi connectivity index (χ0v) is 16.9. The molecule has 5 nitrogen and oxygen atoms in total. The van der Waals surface area contributed by atoms with Crippen LogP contribution in [0, 0.1) is 11.3 Å². The zero-order valence-electron chi connectivity index (χ0n) is 14.6. The van der Waals surface area contributed by atoms with Gasteiger partial charge < -0.3 is 9.47 Å². The summed E-state index contributed by atoms with van der Waals surface area (Å²) in [6.45, 7) is 0. The van der Waals surface area contributed by atoms with Crippen LogP contribution in [0.2, 0.25) is 10.0 Å². The lowest BCUT2D eigenvalue weighted by molar-refractivity contribution is 0.0592. The van der Waals surface area contributed by atoms with E-state index in [0.717, 1.165) is 5.56 Å². The fraction of sp³-hybridized carbons (Fsp3) is 0.211. The summed E-state index contributed by atoms with van der Waals surface area (Å²) in [5, 5.41) is 9.40. The van der Waals surface area contributed by atoms with Crippen LogP contribution in [-0.2, 0) is 21.8 Å². The first kappa shape index (κ1) is 22.8. The Hall–Kier alpha value is -2.26. The highest BCUT2D eigenvalue weighted by Gasteiger charge is 2.08. The van der Waals surface area contributed by atoms with Crippen molar-refractivity contribution in [3.8, 4) is 6.07 Å². The first-order chi connectivity index (χ1) is 12.8. The molecular formula is C19H16Cl3NO4. The van der Waals surface area contributed by atoms with E-state index in [4.69, 9.17) is 40.1 Å². The van der Waals surface area contributed by atoms with E-state index >= 15 is 0 Å². The van der Waals surface area contributed by atoms with Gasteiger partial charge >= 0.3 is 11.9 Å². The summed E-state index contributed by atoms with van der Waals surface area (Å²) in [6.07, 6.45) is 0.227. The molecule has 0 atom stereocenters. The normalized spacial score (nSPS) is 9.48. The maximum Gasteiger partial charge on any atom is 0.337 e. The molecule has 2 aromatic carbocycles. The summed E-state index contributed by atoms with van der Waals surface area (Å²) >= 11 is 17.1. The van der Waals surface area contributed by atoms with Crippen molar-refractivity contribution < 1.29 is 19.1 Å². The van der Waals surface area contributed by atoms with Crippen LogP contribution in [0.25, 0.3) is 0 Å². The third-order valence-electron chi connectivity index (χ3n) is 3.19. The highest BCUT2D eigenvalue weighted by molar-refractivity contribution is 6.31. The average molecular weight is 429 g/mol. The van der Waals surface area contributed by atoms with Gasteiger partial charge in [0.2, 0.25) is 0 Å². The van der Waals surface area contributed by atoms with Gasteiger partial charge in [-0.15, -0.1) is 11.6 Å². The Labute approximate surface area is 172 Å². The van der Waals surface area contributed by atoms with E-state index in [1.807, 2.05) is 6.07 Å². The number of alkyl halides is 1. The Kier molecular flexibility index (Phi) is 9.66. The molecule has 2 rings (SSSR count). The Morgan fingerprint density at radius 1 is 0.889 bits per heavy atom. The number of nitriles is 1. The van der Waals surface area contributed by atoms with Gasteiger partial charge in [0.15, 0.2) is 0 Å². The smallest absolute Gasteiger partial charge is 0.337 e. The number of rotatable bonds is 4. The average Bonchev–Trinajstić information content (AvgIpc) is 2.66. The number of esters is 2. The van der Waals surface area contributed by atoms with E-state index in [9.17, 15) is 9.59 Å². The van der Waals surface area contributed by atoms with Crippen molar-refractivity contribution in [2.45, 2.75) is 12.3 Å². The van der Waals surface area contributed by atoms with Gasteiger partial charge in [0.25, 0.3) is 0 Å². The van der Waals surface area contributed by atoms with E-state index in [1.54, 1.807) is 30.3 Å². The standard InChI is InChI=1S/C10H8ClNO2.C9H8Cl2O2/c1-14-10(13)8-4-7(2-3-12)5-9(11)6-8;1-13-9(12)7-2-6(5-10)3-8(11)4-7/h4-6H,2H2,1H3;2-4H,5H2,1H3. The molecule has 0 heterocycles. The second-order valence-electron chi connectivity index (χ2n) is 5.15. The minimum atomic E-state index is -0.452. The number of hydrogen-bond donors (Lipinski definition) is 0. The van der Waals surface area contributed by atoms with Crippen molar-refractivity contribution in [2.75, 3.05) is 14.2 Å². The second-order valence-corrected chi connectivity index (χ2v) is 6.29. The Bertz CT molecular complexity index is 863. The predicted octanol–water partition coefficient (Wildman–Crippen LogP) is 5.06. The van der Waals surface area contributed by atoms with Gasteiger partial charge in [0.1, 0.15) is 0 Å². The van der Waals surface area contributed by atoms with Crippen molar-refractivity contribution in [3.63, 3.8) is 0 Å². The van der Waals surface area contributed by atoms with Crippen LogP contribution in [0.3, 0.4) is 0 Å². The maximum atomic E-state index is 11.2. The molecule has 2 aromatic rings. The molecule has 8 heteroatoms. The molecule has 0 bridgehead atoms. The number of ether oxygens (including phenoxy) is 2. The molecule has 0 saturated heterocycles. The van der Waals surface area contributed by atoms with Crippen LogP contribution in [0.5, 0.6) is 0 Å². The molecule has 0 aliphatic heterocycles. The number of nitrogens with zero attached hydrogens (tertiary/aromatic N) is 1. The van der Waals surface area contributed by atoms with E-state index in [1.165, 1.54) is 20.3 Å². The van der Waals surface area contributed by atoms with Crippen LogP contribution < -0.4 is 0 Å². The van der Waals surface area contributed by atoms with Crippen molar-refractivity contribution >= 4 is 46.7 Å². The van der Waals surface area contributed by atoms with Gasteiger partial charge in [-0.3, -0.25) is 0 Å². The second kappa shape index (κ2) is 11.5. The van der Waals surface area contributed by atoms with E-state index in [2.05, 4.69) is 9.47 Å². The van der Waals surface area contributed by atoms with E-state index < -0.39 is 11.9 Å². The number of carbonyl (C=O) groups is 2. The van der Waals surface area contributed by atoms with Crippen LogP contribution >= 0.6 is 34.8 Å². The number of carbonyl (C=O) groups excluding carboxylic acids is 2. The molecule has 0 aliphatic carbocycles. The molecule has 27 heavy (non-hydrogen) atoms.